The lowest BCUT2D eigenvalue weighted by molar-refractivity contribution is -0.126. The molecule has 4 atom stereocenters. The highest BCUT2D eigenvalue weighted by Gasteiger charge is 2.37. The first-order chi connectivity index (χ1) is 17.1. The third-order valence-corrected chi connectivity index (χ3v) is 7.07. The number of β-amino-alcohol motifs (C(OH)–C–C–N with tert-alkyl or cyclic N) is 1. The number of carbonyl (C=O) groups is 2. The molecule has 10 nitrogen and oxygen atoms in total. The van der Waals surface area contributed by atoms with Crippen LogP contribution in [0.3, 0.4) is 0 Å². The number of piperidine rings is 1. The van der Waals surface area contributed by atoms with Gasteiger partial charge in [-0.1, -0.05) is 29.3 Å². The van der Waals surface area contributed by atoms with E-state index in [1.807, 2.05) is 6.92 Å². The van der Waals surface area contributed by atoms with E-state index in [-0.39, 0.29) is 24.4 Å². The summed E-state index contributed by atoms with van der Waals surface area (Å²) in [6, 6.07) is 3.37. The van der Waals surface area contributed by atoms with Gasteiger partial charge in [0.15, 0.2) is 11.6 Å². The average molecular weight is 541 g/mol. The van der Waals surface area contributed by atoms with Crippen LogP contribution in [-0.4, -0.2) is 74.9 Å². The Bertz CT molecular complexity index is 1140. The third kappa shape index (κ3) is 5.74. The van der Waals surface area contributed by atoms with Crippen LogP contribution in [-0.2, 0) is 4.79 Å². The number of rotatable bonds is 6. The van der Waals surface area contributed by atoms with Crippen molar-refractivity contribution < 1.29 is 24.2 Å². The van der Waals surface area contributed by atoms with E-state index in [0.717, 1.165) is 16.7 Å². The quantitative estimate of drug-likeness (QED) is 0.439. The van der Waals surface area contributed by atoms with E-state index in [0.29, 0.717) is 42.4 Å². The minimum atomic E-state index is -1.13. The SMILES string of the molecule is CC(Nc1nc(N2CC[C@H](NC(=O)[C@H]3CCCN3C(=O)O)[C@H](O)C2)ncc1F)c1ccc(Cl)cc1Cl. The zero-order valence-electron chi connectivity index (χ0n) is 19.5. The molecule has 3 heterocycles. The van der Waals surface area contributed by atoms with Crippen molar-refractivity contribution in [3.8, 4) is 0 Å². The lowest BCUT2D eigenvalue weighted by Crippen LogP contribution is -2.57. The molecule has 0 spiro atoms. The van der Waals surface area contributed by atoms with Gasteiger partial charge >= 0.3 is 6.09 Å². The summed E-state index contributed by atoms with van der Waals surface area (Å²) in [5.41, 5.74) is 0.719. The molecule has 1 aromatic carbocycles. The molecule has 4 N–H and O–H groups in total. The van der Waals surface area contributed by atoms with E-state index in [4.69, 9.17) is 23.2 Å². The van der Waals surface area contributed by atoms with Crippen LogP contribution < -0.4 is 15.5 Å². The highest BCUT2D eigenvalue weighted by Crippen LogP contribution is 2.29. The highest BCUT2D eigenvalue weighted by atomic mass is 35.5. The molecule has 194 valence electrons. The van der Waals surface area contributed by atoms with Crippen molar-refractivity contribution >= 4 is 47.0 Å². The number of aliphatic hydroxyl groups excluding tert-OH is 1. The van der Waals surface area contributed by atoms with Gasteiger partial charge in [0.05, 0.1) is 24.4 Å². The second-order valence-corrected chi connectivity index (χ2v) is 9.79. The average Bonchev–Trinajstić information content (AvgIpc) is 3.32. The normalized spacial score (nSPS) is 22.9. The molecule has 2 amide bonds. The molecule has 2 fully saturated rings. The maximum Gasteiger partial charge on any atom is 0.407 e. The molecule has 2 aliphatic rings. The Morgan fingerprint density at radius 2 is 2.03 bits per heavy atom. The fourth-order valence-electron chi connectivity index (χ4n) is 4.58. The van der Waals surface area contributed by atoms with E-state index in [1.165, 1.54) is 0 Å². The summed E-state index contributed by atoms with van der Waals surface area (Å²) in [6.45, 7) is 2.64. The van der Waals surface area contributed by atoms with Crippen molar-refractivity contribution in [2.75, 3.05) is 29.9 Å². The fourth-order valence-corrected chi connectivity index (χ4v) is 5.15. The van der Waals surface area contributed by atoms with Crippen LogP contribution >= 0.6 is 23.2 Å². The number of aliphatic hydroxyl groups is 1. The molecule has 2 aromatic rings. The summed E-state index contributed by atoms with van der Waals surface area (Å²) in [7, 11) is 0. The molecule has 2 aliphatic heterocycles. The second kappa shape index (κ2) is 11.0. The van der Waals surface area contributed by atoms with Gasteiger partial charge in [-0.3, -0.25) is 9.69 Å². The van der Waals surface area contributed by atoms with Gasteiger partial charge in [-0.15, -0.1) is 0 Å². The van der Waals surface area contributed by atoms with E-state index in [1.54, 1.807) is 23.1 Å². The van der Waals surface area contributed by atoms with Crippen LogP contribution in [0.15, 0.2) is 24.4 Å². The first kappa shape index (κ1) is 26.2. The molecule has 0 bridgehead atoms. The molecular formula is C23H27Cl2FN6O4. The Morgan fingerprint density at radius 1 is 1.25 bits per heavy atom. The molecular weight excluding hydrogens is 514 g/mol. The van der Waals surface area contributed by atoms with Crippen LogP contribution in [0.25, 0.3) is 0 Å². The van der Waals surface area contributed by atoms with Gasteiger partial charge in [-0.05, 0) is 43.9 Å². The molecule has 1 aromatic heterocycles. The number of hydrogen-bond acceptors (Lipinski definition) is 7. The number of carboxylic acid groups (broad SMARTS) is 1. The van der Waals surface area contributed by atoms with Crippen LogP contribution in [0.4, 0.5) is 21.0 Å². The minimum absolute atomic E-state index is 0.0153. The number of nitrogens with one attached hydrogen (secondary N) is 2. The van der Waals surface area contributed by atoms with Crippen molar-refractivity contribution in [2.45, 2.75) is 50.4 Å². The van der Waals surface area contributed by atoms with Gasteiger partial charge < -0.3 is 25.7 Å². The van der Waals surface area contributed by atoms with Crippen LogP contribution in [0, 0.1) is 5.82 Å². The second-order valence-electron chi connectivity index (χ2n) is 8.95. The number of aromatic nitrogens is 2. The van der Waals surface area contributed by atoms with Crippen LogP contribution in [0.1, 0.15) is 37.8 Å². The maximum absolute atomic E-state index is 14.5. The smallest absolute Gasteiger partial charge is 0.407 e. The van der Waals surface area contributed by atoms with Crippen molar-refractivity contribution in [1.82, 2.24) is 20.2 Å². The van der Waals surface area contributed by atoms with Gasteiger partial charge in [0.1, 0.15) is 6.04 Å². The Balaban J connectivity index is 1.39. The fraction of sp³-hybridized carbons (Fsp3) is 0.478. The monoisotopic (exact) mass is 540 g/mol. The Morgan fingerprint density at radius 3 is 2.72 bits per heavy atom. The zero-order chi connectivity index (χ0) is 26.0. The number of carbonyl (C=O) groups excluding carboxylic acids is 1. The number of amides is 2. The number of likely N-dealkylation sites (tertiary alicyclic amines) is 1. The summed E-state index contributed by atoms with van der Waals surface area (Å²) in [6.07, 6.45) is 0.431. The first-order valence-electron chi connectivity index (χ1n) is 11.6. The summed E-state index contributed by atoms with van der Waals surface area (Å²) in [5, 5.41) is 26.7. The molecule has 36 heavy (non-hydrogen) atoms. The number of benzene rings is 1. The first-order valence-corrected chi connectivity index (χ1v) is 12.4. The van der Waals surface area contributed by atoms with Crippen molar-refractivity contribution in [3.05, 3.63) is 45.8 Å². The summed E-state index contributed by atoms with van der Waals surface area (Å²) >= 11 is 12.2. The lowest BCUT2D eigenvalue weighted by atomic mass is 10.0. The van der Waals surface area contributed by atoms with E-state index < -0.39 is 36.0 Å². The van der Waals surface area contributed by atoms with Crippen LogP contribution in [0.5, 0.6) is 0 Å². The van der Waals surface area contributed by atoms with E-state index >= 15 is 0 Å². The predicted molar refractivity (Wildman–Crippen MR) is 133 cm³/mol. The number of hydrogen-bond donors (Lipinski definition) is 4. The molecule has 4 rings (SSSR count). The number of nitrogens with zero attached hydrogens (tertiary/aromatic N) is 4. The Labute approximate surface area is 217 Å². The summed E-state index contributed by atoms with van der Waals surface area (Å²) in [5.74, 6) is -0.840. The maximum atomic E-state index is 14.5. The molecule has 0 saturated carbocycles. The molecule has 1 unspecified atom stereocenters. The van der Waals surface area contributed by atoms with E-state index in [9.17, 15) is 24.2 Å². The number of anilines is 2. The highest BCUT2D eigenvalue weighted by molar-refractivity contribution is 6.35. The minimum Gasteiger partial charge on any atom is -0.465 e. The van der Waals surface area contributed by atoms with Crippen molar-refractivity contribution in [3.63, 3.8) is 0 Å². The standard InChI is InChI=1S/C23H27Cl2FN6O4/c1-12(14-5-4-13(24)9-15(14)25)28-20-16(26)10-27-22(30-20)31-8-6-17(19(33)11-31)29-21(34)18-3-2-7-32(18)23(35)36/h4-5,9-10,12,17-19,33H,2-3,6-8,11H2,1H3,(H,29,34)(H,35,36)(H,27,28,30)/t12?,17-,18+,19+/m0/s1. The summed E-state index contributed by atoms with van der Waals surface area (Å²) in [4.78, 5) is 35.2. The molecule has 0 aliphatic carbocycles. The third-order valence-electron chi connectivity index (χ3n) is 6.51. The van der Waals surface area contributed by atoms with Crippen LogP contribution in [0.2, 0.25) is 10.0 Å². The van der Waals surface area contributed by atoms with Gasteiger partial charge in [0.2, 0.25) is 11.9 Å². The lowest BCUT2D eigenvalue weighted by Gasteiger charge is -2.37. The zero-order valence-corrected chi connectivity index (χ0v) is 21.0. The van der Waals surface area contributed by atoms with Gasteiger partial charge in [-0.25, -0.2) is 14.2 Å². The molecule has 0 radical (unpaired) electrons. The number of halogens is 3. The van der Waals surface area contributed by atoms with Crippen molar-refractivity contribution in [2.24, 2.45) is 0 Å². The van der Waals surface area contributed by atoms with Crippen molar-refractivity contribution in [1.29, 1.82) is 0 Å². The largest absolute Gasteiger partial charge is 0.465 e. The topological polar surface area (TPSA) is 131 Å². The Hall–Kier alpha value is -2.89. The summed E-state index contributed by atoms with van der Waals surface area (Å²) < 4.78 is 14.5. The predicted octanol–water partition coefficient (Wildman–Crippen LogP) is 3.29. The molecule has 13 heteroatoms. The Kier molecular flexibility index (Phi) is 8.01. The van der Waals surface area contributed by atoms with Gasteiger partial charge in [0.25, 0.3) is 0 Å². The van der Waals surface area contributed by atoms with E-state index in [2.05, 4.69) is 20.6 Å². The molecule has 2 saturated heterocycles. The van der Waals surface area contributed by atoms with Gasteiger partial charge in [0, 0.05) is 29.7 Å². The van der Waals surface area contributed by atoms with Gasteiger partial charge in [-0.2, -0.15) is 4.98 Å².